The Bertz CT molecular complexity index is 913. The molecule has 27 heavy (non-hydrogen) atoms. The highest BCUT2D eigenvalue weighted by Gasteiger charge is 2.07. The van der Waals surface area contributed by atoms with Gasteiger partial charge in [-0.05, 0) is 48.4 Å². The summed E-state index contributed by atoms with van der Waals surface area (Å²) >= 11 is 6.12. The van der Waals surface area contributed by atoms with E-state index < -0.39 is 0 Å². The molecule has 6 heteroatoms. The Hall–Kier alpha value is -3.05. The first-order chi connectivity index (χ1) is 13.2. The molecule has 0 spiro atoms. The number of nitrogens with one attached hydrogen (secondary N) is 2. The Morgan fingerprint density at radius 2 is 1.96 bits per heavy atom. The van der Waals surface area contributed by atoms with Gasteiger partial charge in [0.15, 0.2) is 0 Å². The van der Waals surface area contributed by atoms with E-state index in [4.69, 9.17) is 16.3 Å². The van der Waals surface area contributed by atoms with Crippen LogP contribution in [0.3, 0.4) is 0 Å². The first-order valence-corrected chi connectivity index (χ1v) is 8.92. The van der Waals surface area contributed by atoms with Crippen LogP contribution in [0.1, 0.15) is 15.9 Å². The molecular weight excluding hydrogens is 362 g/mol. The highest BCUT2D eigenvalue weighted by atomic mass is 35.5. The standard InChI is InChI=1S/C21H20ClN3O2/c1-27-17-6-4-5-15(13-17)11-12-23-21(26)16-9-10-20(24-14-16)25-19-8-3-2-7-18(19)22/h2-10,13-14H,11-12H2,1H3,(H,23,26)(H,24,25). The molecule has 0 aliphatic rings. The van der Waals surface area contributed by atoms with Crippen molar-refractivity contribution in [3.8, 4) is 5.75 Å². The van der Waals surface area contributed by atoms with Crippen LogP contribution in [0.4, 0.5) is 11.5 Å². The minimum atomic E-state index is -0.158. The summed E-state index contributed by atoms with van der Waals surface area (Å²) in [7, 11) is 1.64. The Kier molecular flexibility index (Phi) is 6.28. The van der Waals surface area contributed by atoms with Gasteiger partial charge in [0.1, 0.15) is 11.6 Å². The summed E-state index contributed by atoms with van der Waals surface area (Å²) in [5.74, 6) is 1.27. The zero-order valence-corrected chi connectivity index (χ0v) is 15.7. The molecule has 3 rings (SSSR count). The number of benzene rings is 2. The van der Waals surface area contributed by atoms with Gasteiger partial charge in [0.25, 0.3) is 5.91 Å². The van der Waals surface area contributed by atoms with E-state index in [0.29, 0.717) is 22.9 Å². The lowest BCUT2D eigenvalue weighted by Crippen LogP contribution is -2.25. The third-order valence-corrected chi connectivity index (χ3v) is 4.33. The van der Waals surface area contributed by atoms with Crippen molar-refractivity contribution in [1.29, 1.82) is 0 Å². The van der Waals surface area contributed by atoms with Gasteiger partial charge in [0, 0.05) is 12.7 Å². The molecule has 1 aromatic heterocycles. The van der Waals surface area contributed by atoms with Gasteiger partial charge in [0.05, 0.1) is 23.4 Å². The lowest BCUT2D eigenvalue weighted by Gasteiger charge is -2.09. The molecule has 0 saturated carbocycles. The number of carbonyl (C=O) groups excluding carboxylic acids is 1. The third kappa shape index (κ3) is 5.21. The van der Waals surface area contributed by atoms with E-state index in [1.165, 1.54) is 0 Å². The molecule has 5 nitrogen and oxygen atoms in total. The van der Waals surface area contributed by atoms with Gasteiger partial charge < -0.3 is 15.4 Å². The molecule has 2 N–H and O–H groups in total. The van der Waals surface area contributed by atoms with Gasteiger partial charge in [-0.25, -0.2) is 4.98 Å². The van der Waals surface area contributed by atoms with Crippen LogP contribution in [0.2, 0.25) is 5.02 Å². The number of halogens is 1. The number of nitrogens with zero attached hydrogens (tertiary/aromatic N) is 1. The van der Waals surface area contributed by atoms with Crippen molar-refractivity contribution in [2.75, 3.05) is 19.0 Å². The molecule has 3 aromatic rings. The normalized spacial score (nSPS) is 10.3. The van der Waals surface area contributed by atoms with Gasteiger partial charge in [-0.1, -0.05) is 35.9 Å². The van der Waals surface area contributed by atoms with Crippen molar-refractivity contribution in [2.24, 2.45) is 0 Å². The Labute approximate surface area is 163 Å². The zero-order valence-electron chi connectivity index (χ0n) is 14.9. The first-order valence-electron chi connectivity index (χ1n) is 8.54. The van der Waals surface area contributed by atoms with E-state index in [1.54, 1.807) is 31.5 Å². The molecule has 138 valence electrons. The number of rotatable bonds is 7. The highest BCUT2D eigenvalue weighted by Crippen LogP contribution is 2.23. The molecule has 0 aliphatic heterocycles. The maximum atomic E-state index is 12.3. The van der Waals surface area contributed by atoms with Crippen LogP contribution < -0.4 is 15.4 Å². The maximum Gasteiger partial charge on any atom is 0.252 e. The smallest absolute Gasteiger partial charge is 0.252 e. The number of pyridine rings is 1. The van der Waals surface area contributed by atoms with Crippen LogP contribution in [0.5, 0.6) is 5.75 Å². The Balaban J connectivity index is 1.53. The zero-order chi connectivity index (χ0) is 19.1. The highest BCUT2D eigenvalue weighted by molar-refractivity contribution is 6.33. The quantitative estimate of drug-likeness (QED) is 0.634. The molecule has 0 unspecified atom stereocenters. The molecule has 0 bridgehead atoms. The van der Waals surface area contributed by atoms with Crippen molar-refractivity contribution in [1.82, 2.24) is 10.3 Å². The number of amides is 1. The topological polar surface area (TPSA) is 63.2 Å². The molecule has 2 aromatic carbocycles. The first kappa shape index (κ1) is 18.7. The molecule has 0 saturated heterocycles. The van der Waals surface area contributed by atoms with Gasteiger partial charge in [-0.2, -0.15) is 0 Å². The average Bonchev–Trinajstić information content (AvgIpc) is 2.70. The third-order valence-electron chi connectivity index (χ3n) is 4.00. The SMILES string of the molecule is COc1cccc(CCNC(=O)c2ccc(Nc3ccccc3Cl)nc2)c1. The lowest BCUT2D eigenvalue weighted by molar-refractivity contribution is 0.0954. The summed E-state index contributed by atoms with van der Waals surface area (Å²) in [6.45, 7) is 0.533. The van der Waals surface area contributed by atoms with Gasteiger partial charge in [-0.15, -0.1) is 0 Å². The summed E-state index contributed by atoms with van der Waals surface area (Å²) in [5, 5.41) is 6.64. The summed E-state index contributed by atoms with van der Waals surface area (Å²) in [4.78, 5) is 16.5. The van der Waals surface area contributed by atoms with Gasteiger partial charge >= 0.3 is 0 Å². The number of para-hydroxylation sites is 1. The monoisotopic (exact) mass is 381 g/mol. The largest absolute Gasteiger partial charge is 0.497 e. The van der Waals surface area contributed by atoms with E-state index >= 15 is 0 Å². The fourth-order valence-corrected chi connectivity index (χ4v) is 2.74. The number of hydrogen-bond acceptors (Lipinski definition) is 4. The summed E-state index contributed by atoms with van der Waals surface area (Å²) in [6.07, 6.45) is 2.27. The van der Waals surface area contributed by atoms with E-state index in [2.05, 4.69) is 15.6 Å². The molecule has 0 atom stereocenters. The summed E-state index contributed by atoms with van der Waals surface area (Å²) < 4.78 is 5.20. The van der Waals surface area contributed by atoms with Gasteiger partial charge in [0.2, 0.25) is 0 Å². The van der Waals surface area contributed by atoms with Crippen LogP contribution in [0.25, 0.3) is 0 Å². The Morgan fingerprint density at radius 3 is 2.70 bits per heavy atom. The molecule has 1 amide bonds. The van der Waals surface area contributed by atoms with E-state index in [1.807, 2.05) is 42.5 Å². The van der Waals surface area contributed by atoms with Crippen molar-refractivity contribution < 1.29 is 9.53 Å². The van der Waals surface area contributed by atoms with E-state index in [0.717, 1.165) is 23.4 Å². The minimum absolute atomic E-state index is 0.158. The average molecular weight is 382 g/mol. The van der Waals surface area contributed by atoms with Crippen molar-refractivity contribution in [3.05, 3.63) is 83.0 Å². The minimum Gasteiger partial charge on any atom is -0.497 e. The van der Waals surface area contributed by atoms with E-state index in [9.17, 15) is 4.79 Å². The van der Waals surface area contributed by atoms with Crippen molar-refractivity contribution in [3.63, 3.8) is 0 Å². The fraction of sp³-hybridized carbons (Fsp3) is 0.143. The number of ether oxygens (including phenoxy) is 1. The van der Waals surface area contributed by atoms with Crippen LogP contribution in [0, 0.1) is 0 Å². The fourth-order valence-electron chi connectivity index (χ4n) is 2.55. The predicted octanol–water partition coefficient (Wildman–Crippen LogP) is 4.46. The van der Waals surface area contributed by atoms with Crippen molar-refractivity contribution >= 4 is 29.0 Å². The maximum absolute atomic E-state index is 12.3. The molecule has 0 aliphatic carbocycles. The second kappa shape index (κ2) is 9.05. The second-order valence-corrected chi connectivity index (χ2v) is 6.30. The van der Waals surface area contributed by atoms with Crippen LogP contribution in [-0.2, 0) is 6.42 Å². The van der Waals surface area contributed by atoms with E-state index in [-0.39, 0.29) is 5.91 Å². The lowest BCUT2D eigenvalue weighted by atomic mass is 10.1. The Morgan fingerprint density at radius 1 is 1.11 bits per heavy atom. The van der Waals surface area contributed by atoms with Gasteiger partial charge in [-0.3, -0.25) is 4.79 Å². The molecule has 0 fully saturated rings. The van der Waals surface area contributed by atoms with Crippen LogP contribution >= 0.6 is 11.6 Å². The number of aromatic nitrogens is 1. The second-order valence-electron chi connectivity index (χ2n) is 5.89. The summed E-state index contributed by atoms with van der Waals surface area (Å²) in [6, 6.07) is 18.7. The number of anilines is 2. The number of hydrogen-bond donors (Lipinski definition) is 2. The number of carbonyl (C=O) groups is 1. The molecule has 0 radical (unpaired) electrons. The molecular formula is C21H20ClN3O2. The predicted molar refractivity (Wildman–Crippen MR) is 108 cm³/mol. The number of methoxy groups -OCH3 is 1. The van der Waals surface area contributed by atoms with Crippen LogP contribution in [0.15, 0.2) is 66.9 Å². The summed E-state index contributed by atoms with van der Waals surface area (Å²) in [5.41, 5.74) is 2.37. The van der Waals surface area contributed by atoms with Crippen LogP contribution in [-0.4, -0.2) is 24.5 Å². The van der Waals surface area contributed by atoms with Crippen molar-refractivity contribution in [2.45, 2.75) is 6.42 Å². The molecule has 1 heterocycles.